The molecule has 0 N–H and O–H groups in total. The predicted molar refractivity (Wildman–Crippen MR) is 170 cm³/mol. The summed E-state index contributed by atoms with van der Waals surface area (Å²) < 4.78 is 0. The molecular weight excluding hydrogens is 506 g/mol. The van der Waals surface area contributed by atoms with Crippen molar-refractivity contribution in [3.05, 3.63) is 179 Å². The molecule has 1 fully saturated rings. The second kappa shape index (κ2) is 10.0. The highest BCUT2D eigenvalue weighted by Crippen LogP contribution is 3.13. The average molecular weight is 539 g/mol. The standard InChI is InChI=1S/C37H32P2/c1-2-28-38-35(30-20-10-4-11-21-30)34(29-18-8-3-9-19-29)37(33-26-16-7-17-27-33)36(39(37)38,31-22-12-5-13-23-31)32-24-14-6-15-25-32/h3-27H,2,28H2,1H3. The number of rotatable bonds is 7. The molecule has 1 saturated heterocycles. The normalized spacial score (nSPS) is 22.9. The third kappa shape index (κ3) is 3.52. The molecule has 0 nitrogen and oxygen atoms in total. The van der Waals surface area contributed by atoms with Gasteiger partial charge in [-0.25, -0.2) is 0 Å². The average Bonchev–Trinajstić information content (AvgIpc) is 3.55. The first-order valence-corrected chi connectivity index (χ1v) is 17.5. The SMILES string of the molecule is CCCP1C(c2ccccc2)=C(c2ccccc2)C2(c3ccccc3)P1C2(c1ccccc1)c1ccccc1. The molecule has 190 valence electrons. The van der Waals surface area contributed by atoms with E-state index in [9.17, 15) is 0 Å². The molecule has 3 unspecified atom stereocenters. The fourth-order valence-electron chi connectivity index (χ4n) is 7.00. The Morgan fingerprint density at radius 2 is 0.846 bits per heavy atom. The molecule has 7 rings (SSSR count). The Morgan fingerprint density at radius 1 is 0.462 bits per heavy atom. The van der Waals surface area contributed by atoms with Gasteiger partial charge in [-0.05, 0) is 60.1 Å². The molecule has 39 heavy (non-hydrogen) atoms. The van der Waals surface area contributed by atoms with E-state index in [1.54, 1.807) is 10.9 Å². The van der Waals surface area contributed by atoms with Gasteiger partial charge in [0.15, 0.2) is 0 Å². The minimum absolute atomic E-state index is 0.0590. The minimum atomic E-state index is -0.464. The molecule has 3 atom stereocenters. The van der Waals surface area contributed by atoms with Crippen LogP contribution in [0.2, 0.25) is 0 Å². The smallest absolute Gasteiger partial charge is 0.0648 e. The van der Waals surface area contributed by atoms with Crippen LogP contribution in [-0.4, -0.2) is 6.16 Å². The van der Waals surface area contributed by atoms with Crippen molar-refractivity contribution < 1.29 is 0 Å². The Bertz CT molecular complexity index is 1560. The molecular formula is C37H32P2. The third-order valence-electron chi connectivity index (χ3n) is 8.33. The minimum Gasteiger partial charge on any atom is -0.0650 e. The molecule has 2 aliphatic heterocycles. The van der Waals surface area contributed by atoms with Crippen LogP contribution in [0.3, 0.4) is 0 Å². The maximum atomic E-state index is 2.42. The van der Waals surface area contributed by atoms with Crippen molar-refractivity contribution in [2.45, 2.75) is 23.7 Å². The van der Waals surface area contributed by atoms with E-state index in [1.165, 1.54) is 40.4 Å². The highest BCUT2D eigenvalue weighted by Gasteiger charge is 2.84. The Kier molecular flexibility index (Phi) is 6.35. The highest BCUT2D eigenvalue weighted by atomic mass is 32.1. The Hall–Kier alpha value is -3.30. The number of fused-ring (bicyclic) bond motifs is 1. The third-order valence-corrected chi connectivity index (χ3v) is 17.8. The summed E-state index contributed by atoms with van der Waals surface area (Å²) in [5, 5.41) is 1.49. The topological polar surface area (TPSA) is 0 Å². The molecule has 0 spiro atoms. The molecule has 0 saturated carbocycles. The lowest BCUT2D eigenvalue weighted by molar-refractivity contribution is 0.726. The molecule has 0 bridgehead atoms. The van der Waals surface area contributed by atoms with Gasteiger partial charge in [-0.1, -0.05) is 165 Å². The van der Waals surface area contributed by atoms with Crippen molar-refractivity contribution in [2.24, 2.45) is 0 Å². The molecule has 5 aromatic rings. The summed E-state index contributed by atoms with van der Waals surface area (Å²) in [6.07, 6.45) is 2.46. The first kappa shape index (κ1) is 24.7. The van der Waals surface area contributed by atoms with Crippen LogP contribution in [0.5, 0.6) is 0 Å². The second-order valence-electron chi connectivity index (χ2n) is 10.4. The van der Waals surface area contributed by atoms with Gasteiger partial charge in [0.2, 0.25) is 0 Å². The molecule has 0 aromatic heterocycles. The largest absolute Gasteiger partial charge is 0.0650 e. The molecule has 2 heteroatoms. The molecule has 2 heterocycles. The van der Waals surface area contributed by atoms with Crippen LogP contribution in [0.25, 0.3) is 10.9 Å². The van der Waals surface area contributed by atoms with Gasteiger partial charge < -0.3 is 0 Å². The van der Waals surface area contributed by atoms with Crippen LogP contribution in [-0.2, 0) is 10.3 Å². The summed E-state index contributed by atoms with van der Waals surface area (Å²) in [7, 11) is -0.861. The van der Waals surface area contributed by atoms with Crippen molar-refractivity contribution in [1.82, 2.24) is 0 Å². The monoisotopic (exact) mass is 538 g/mol. The molecule has 0 radical (unpaired) electrons. The lowest BCUT2D eigenvalue weighted by Gasteiger charge is -2.33. The van der Waals surface area contributed by atoms with Crippen LogP contribution in [0, 0.1) is 0 Å². The van der Waals surface area contributed by atoms with Crippen LogP contribution < -0.4 is 0 Å². The molecule has 5 aromatic carbocycles. The van der Waals surface area contributed by atoms with Gasteiger partial charge in [0, 0.05) is 0 Å². The molecule has 0 aliphatic carbocycles. The van der Waals surface area contributed by atoms with Crippen molar-refractivity contribution in [3.8, 4) is 0 Å². The van der Waals surface area contributed by atoms with Gasteiger partial charge in [0.25, 0.3) is 0 Å². The van der Waals surface area contributed by atoms with Crippen molar-refractivity contribution in [3.63, 3.8) is 0 Å². The maximum absolute atomic E-state index is 2.42. The summed E-state index contributed by atoms with van der Waals surface area (Å²) in [5.41, 5.74) is 8.76. The van der Waals surface area contributed by atoms with E-state index in [0.29, 0.717) is 0 Å². The predicted octanol–water partition coefficient (Wildman–Crippen LogP) is 10.7. The van der Waals surface area contributed by atoms with Gasteiger partial charge in [-0.3, -0.25) is 0 Å². The zero-order chi connectivity index (χ0) is 26.3. The quantitative estimate of drug-likeness (QED) is 0.181. The molecule has 2 aliphatic rings. The van der Waals surface area contributed by atoms with Crippen molar-refractivity contribution >= 4 is 26.1 Å². The number of hydrogen-bond acceptors (Lipinski definition) is 0. The van der Waals surface area contributed by atoms with Gasteiger partial charge >= 0.3 is 0 Å². The lowest BCUT2D eigenvalue weighted by Crippen LogP contribution is -2.26. The summed E-state index contributed by atoms with van der Waals surface area (Å²) >= 11 is 0. The van der Waals surface area contributed by atoms with Crippen molar-refractivity contribution in [2.75, 3.05) is 6.16 Å². The Morgan fingerprint density at radius 3 is 1.28 bits per heavy atom. The van der Waals surface area contributed by atoms with E-state index < -0.39 is 15.2 Å². The van der Waals surface area contributed by atoms with Crippen LogP contribution in [0.1, 0.15) is 41.2 Å². The number of benzene rings is 5. The van der Waals surface area contributed by atoms with Gasteiger partial charge in [-0.15, -0.1) is 0 Å². The van der Waals surface area contributed by atoms with E-state index in [0.717, 1.165) is 0 Å². The van der Waals surface area contributed by atoms with E-state index in [4.69, 9.17) is 0 Å². The van der Waals surface area contributed by atoms with E-state index >= 15 is 0 Å². The fraction of sp³-hybridized carbons (Fsp3) is 0.135. The summed E-state index contributed by atoms with van der Waals surface area (Å²) in [6, 6.07) is 57.1. The van der Waals surface area contributed by atoms with E-state index in [-0.39, 0.29) is 10.3 Å². The van der Waals surface area contributed by atoms with Gasteiger partial charge in [0.05, 0.1) is 10.3 Å². The van der Waals surface area contributed by atoms with Crippen LogP contribution in [0.15, 0.2) is 152 Å². The zero-order valence-corrected chi connectivity index (χ0v) is 24.0. The van der Waals surface area contributed by atoms with Gasteiger partial charge in [-0.2, -0.15) is 0 Å². The zero-order valence-electron chi connectivity index (χ0n) is 22.2. The van der Waals surface area contributed by atoms with Crippen molar-refractivity contribution in [1.29, 1.82) is 0 Å². The summed E-state index contributed by atoms with van der Waals surface area (Å²) in [5.74, 6) is 0. The summed E-state index contributed by atoms with van der Waals surface area (Å²) in [6.45, 7) is 2.38. The Labute approximate surface area is 234 Å². The first-order valence-electron chi connectivity index (χ1n) is 13.9. The number of hydrogen-bond donors (Lipinski definition) is 0. The fourth-order valence-corrected chi connectivity index (χ4v) is 19.8. The second-order valence-corrected chi connectivity index (χ2v) is 16.7. The van der Waals surface area contributed by atoms with Crippen LogP contribution >= 0.6 is 15.2 Å². The van der Waals surface area contributed by atoms with E-state index in [2.05, 4.69) is 159 Å². The highest BCUT2D eigenvalue weighted by molar-refractivity contribution is 8.39. The number of allylic oxidation sites excluding steroid dienone is 1. The maximum Gasteiger partial charge on any atom is 0.0648 e. The van der Waals surface area contributed by atoms with E-state index in [1.807, 2.05) is 0 Å². The van der Waals surface area contributed by atoms with Gasteiger partial charge in [0.1, 0.15) is 0 Å². The molecule has 0 amide bonds. The Balaban J connectivity index is 1.66. The lowest BCUT2D eigenvalue weighted by atomic mass is 9.71. The first-order chi connectivity index (χ1) is 19.3. The summed E-state index contributed by atoms with van der Waals surface area (Å²) in [4.78, 5) is 0. The van der Waals surface area contributed by atoms with Crippen LogP contribution in [0.4, 0.5) is 0 Å².